The lowest BCUT2D eigenvalue weighted by Crippen LogP contribution is -2.07. The number of benzene rings is 2. The molecule has 3 nitrogen and oxygen atoms in total. The van der Waals surface area contributed by atoms with Crippen LogP contribution < -0.4 is 0 Å². The molecule has 0 atom stereocenters. The monoisotopic (exact) mass is 284 g/mol. The van der Waals surface area contributed by atoms with Crippen molar-refractivity contribution < 1.29 is 9.13 Å². The molecule has 0 aliphatic carbocycles. The van der Waals surface area contributed by atoms with Gasteiger partial charge in [0.1, 0.15) is 11.6 Å². The molecule has 0 aliphatic heterocycles. The lowest BCUT2D eigenvalue weighted by Gasteiger charge is -2.10. The Morgan fingerprint density at radius 1 is 1.10 bits per heavy atom. The van der Waals surface area contributed by atoms with Gasteiger partial charge in [0.05, 0.1) is 23.2 Å². The van der Waals surface area contributed by atoms with Crippen molar-refractivity contribution in [2.45, 2.75) is 13.5 Å². The smallest absolute Gasteiger partial charge is 0.144 e. The van der Waals surface area contributed by atoms with Gasteiger partial charge >= 0.3 is 0 Å². The third-order valence-corrected chi connectivity index (χ3v) is 3.43. The minimum Gasteiger partial charge on any atom is -0.380 e. The molecule has 21 heavy (non-hydrogen) atoms. The second kappa shape index (κ2) is 6.06. The number of hydrogen-bond donors (Lipinski definition) is 0. The fraction of sp³-hybridized carbons (Fsp3) is 0.235. The molecule has 4 heteroatoms. The SMILES string of the molecule is CCOCCn1c(-c2ccccc2F)nc2ccccc21. The van der Waals surface area contributed by atoms with E-state index in [2.05, 4.69) is 4.98 Å². The van der Waals surface area contributed by atoms with Crippen molar-refractivity contribution in [3.8, 4) is 11.4 Å². The molecule has 0 aliphatic rings. The number of imidazole rings is 1. The van der Waals surface area contributed by atoms with Crippen molar-refractivity contribution in [3.63, 3.8) is 0 Å². The zero-order chi connectivity index (χ0) is 14.7. The van der Waals surface area contributed by atoms with Crippen LogP contribution in [0.15, 0.2) is 48.5 Å². The van der Waals surface area contributed by atoms with E-state index in [0.717, 1.165) is 11.0 Å². The van der Waals surface area contributed by atoms with Crippen LogP contribution >= 0.6 is 0 Å². The Kier molecular flexibility index (Phi) is 3.97. The van der Waals surface area contributed by atoms with Crippen molar-refractivity contribution in [1.82, 2.24) is 9.55 Å². The number of rotatable bonds is 5. The molecule has 0 unspecified atom stereocenters. The van der Waals surface area contributed by atoms with E-state index < -0.39 is 0 Å². The normalized spacial score (nSPS) is 11.1. The average molecular weight is 284 g/mol. The molecule has 0 saturated heterocycles. The summed E-state index contributed by atoms with van der Waals surface area (Å²) in [5.74, 6) is 0.388. The first-order valence-corrected chi connectivity index (χ1v) is 7.09. The highest BCUT2D eigenvalue weighted by Gasteiger charge is 2.14. The maximum atomic E-state index is 14.1. The molecule has 0 fully saturated rings. The van der Waals surface area contributed by atoms with Crippen molar-refractivity contribution in [2.24, 2.45) is 0 Å². The van der Waals surface area contributed by atoms with E-state index in [9.17, 15) is 4.39 Å². The molecule has 2 aromatic carbocycles. The minimum absolute atomic E-state index is 0.259. The zero-order valence-corrected chi connectivity index (χ0v) is 11.9. The van der Waals surface area contributed by atoms with Crippen LogP contribution in [0.2, 0.25) is 0 Å². The number of aromatic nitrogens is 2. The van der Waals surface area contributed by atoms with E-state index in [1.54, 1.807) is 12.1 Å². The summed E-state index contributed by atoms with van der Waals surface area (Å²) in [4.78, 5) is 4.59. The van der Waals surface area contributed by atoms with E-state index in [1.807, 2.05) is 41.8 Å². The van der Waals surface area contributed by atoms with Crippen LogP contribution in [0.4, 0.5) is 4.39 Å². The second-order valence-electron chi connectivity index (χ2n) is 4.75. The summed E-state index contributed by atoms with van der Waals surface area (Å²) in [5, 5.41) is 0. The van der Waals surface area contributed by atoms with Gasteiger partial charge in [0.25, 0.3) is 0 Å². The van der Waals surface area contributed by atoms with Gasteiger partial charge < -0.3 is 9.30 Å². The quantitative estimate of drug-likeness (QED) is 0.665. The predicted octanol–water partition coefficient (Wildman–Crippen LogP) is 3.88. The zero-order valence-electron chi connectivity index (χ0n) is 11.9. The number of ether oxygens (including phenoxy) is 1. The van der Waals surface area contributed by atoms with Crippen LogP contribution in [0.25, 0.3) is 22.4 Å². The minimum atomic E-state index is -0.259. The van der Waals surface area contributed by atoms with Crippen molar-refractivity contribution in [2.75, 3.05) is 13.2 Å². The average Bonchev–Trinajstić information content (AvgIpc) is 2.87. The van der Waals surface area contributed by atoms with Gasteiger partial charge in [-0.05, 0) is 31.2 Å². The first-order valence-electron chi connectivity index (χ1n) is 7.09. The highest BCUT2D eigenvalue weighted by atomic mass is 19.1. The Balaban J connectivity index is 2.12. The molecule has 0 saturated carbocycles. The molecule has 108 valence electrons. The number of nitrogens with zero attached hydrogens (tertiary/aromatic N) is 2. The largest absolute Gasteiger partial charge is 0.380 e. The van der Waals surface area contributed by atoms with Crippen LogP contribution in [0.3, 0.4) is 0 Å². The molecule has 3 rings (SSSR count). The molecule has 1 aromatic heterocycles. The van der Waals surface area contributed by atoms with Crippen molar-refractivity contribution in [1.29, 1.82) is 0 Å². The maximum absolute atomic E-state index is 14.1. The molecule has 1 heterocycles. The third kappa shape index (κ3) is 2.67. The highest BCUT2D eigenvalue weighted by Crippen LogP contribution is 2.26. The van der Waals surface area contributed by atoms with Gasteiger partial charge in [-0.3, -0.25) is 0 Å². The van der Waals surface area contributed by atoms with E-state index in [0.29, 0.717) is 31.1 Å². The van der Waals surface area contributed by atoms with E-state index >= 15 is 0 Å². The van der Waals surface area contributed by atoms with Crippen molar-refractivity contribution in [3.05, 3.63) is 54.3 Å². The van der Waals surface area contributed by atoms with E-state index in [-0.39, 0.29) is 5.82 Å². The Bertz CT molecular complexity index is 751. The van der Waals surface area contributed by atoms with Crippen LogP contribution in [0.5, 0.6) is 0 Å². The molecule has 0 radical (unpaired) electrons. The maximum Gasteiger partial charge on any atom is 0.144 e. The summed E-state index contributed by atoms with van der Waals surface area (Å²) in [5.41, 5.74) is 2.38. The van der Waals surface area contributed by atoms with E-state index in [4.69, 9.17) is 4.74 Å². The number of para-hydroxylation sites is 2. The molecule has 0 bridgehead atoms. The summed E-state index contributed by atoms with van der Waals surface area (Å²) in [6.45, 7) is 3.86. The van der Waals surface area contributed by atoms with Crippen LogP contribution in [0, 0.1) is 5.82 Å². The Labute approximate surface area is 123 Å². The predicted molar refractivity (Wildman–Crippen MR) is 81.6 cm³/mol. The Morgan fingerprint density at radius 3 is 2.67 bits per heavy atom. The lowest BCUT2D eigenvalue weighted by molar-refractivity contribution is 0.140. The first kappa shape index (κ1) is 13.8. The van der Waals surface area contributed by atoms with E-state index in [1.165, 1.54) is 6.07 Å². The summed E-state index contributed by atoms with van der Waals surface area (Å²) in [6.07, 6.45) is 0. The lowest BCUT2D eigenvalue weighted by atomic mass is 10.2. The van der Waals surface area contributed by atoms with Gasteiger partial charge in [0, 0.05) is 13.2 Å². The van der Waals surface area contributed by atoms with Gasteiger partial charge in [-0.2, -0.15) is 0 Å². The second-order valence-corrected chi connectivity index (χ2v) is 4.75. The van der Waals surface area contributed by atoms with Crippen LogP contribution in [0.1, 0.15) is 6.92 Å². The number of halogens is 1. The fourth-order valence-electron chi connectivity index (χ4n) is 2.45. The number of hydrogen-bond acceptors (Lipinski definition) is 2. The Hall–Kier alpha value is -2.20. The summed E-state index contributed by atoms with van der Waals surface area (Å²) < 4.78 is 21.5. The van der Waals surface area contributed by atoms with Gasteiger partial charge in [-0.15, -0.1) is 0 Å². The van der Waals surface area contributed by atoms with Gasteiger partial charge in [0.2, 0.25) is 0 Å². The molecule has 0 spiro atoms. The van der Waals surface area contributed by atoms with Crippen LogP contribution in [-0.2, 0) is 11.3 Å². The molecule has 0 amide bonds. The molecule has 0 N–H and O–H groups in total. The summed E-state index contributed by atoms with van der Waals surface area (Å²) >= 11 is 0. The summed E-state index contributed by atoms with van der Waals surface area (Å²) in [7, 11) is 0. The van der Waals surface area contributed by atoms with Gasteiger partial charge in [0.15, 0.2) is 0 Å². The van der Waals surface area contributed by atoms with Crippen LogP contribution in [-0.4, -0.2) is 22.8 Å². The highest BCUT2D eigenvalue weighted by molar-refractivity contribution is 5.80. The molecular weight excluding hydrogens is 267 g/mol. The van der Waals surface area contributed by atoms with Crippen molar-refractivity contribution >= 4 is 11.0 Å². The fourth-order valence-corrected chi connectivity index (χ4v) is 2.45. The van der Waals surface area contributed by atoms with Gasteiger partial charge in [-0.1, -0.05) is 24.3 Å². The standard InChI is InChI=1S/C17H17FN2O/c1-2-21-12-11-20-16-10-6-5-9-15(16)19-17(20)13-7-3-4-8-14(13)18/h3-10H,2,11-12H2,1H3. The first-order chi connectivity index (χ1) is 10.3. The summed E-state index contributed by atoms with van der Waals surface area (Å²) in [6, 6.07) is 14.6. The molecule has 3 aromatic rings. The topological polar surface area (TPSA) is 27.1 Å². The third-order valence-electron chi connectivity index (χ3n) is 3.43. The number of fused-ring (bicyclic) bond motifs is 1. The van der Waals surface area contributed by atoms with Gasteiger partial charge in [-0.25, -0.2) is 9.37 Å². The Morgan fingerprint density at radius 2 is 1.86 bits per heavy atom. The molecular formula is C17H17FN2O.